The van der Waals surface area contributed by atoms with Gasteiger partial charge in [0.25, 0.3) is 0 Å². The molecule has 0 N–H and O–H groups in total. The number of azide groups is 1. The van der Waals surface area contributed by atoms with Gasteiger partial charge in [-0.05, 0) is 40.3 Å². The van der Waals surface area contributed by atoms with E-state index < -0.39 is 5.54 Å². The Morgan fingerprint density at radius 3 is 2.24 bits per heavy atom. The van der Waals surface area contributed by atoms with Gasteiger partial charge in [0, 0.05) is 23.9 Å². The van der Waals surface area contributed by atoms with Crippen LogP contribution in [0.3, 0.4) is 0 Å². The summed E-state index contributed by atoms with van der Waals surface area (Å²) < 4.78 is 5.69. The fourth-order valence-electron chi connectivity index (χ4n) is 4.09. The predicted molar refractivity (Wildman–Crippen MR) is 113 cm³/mol. The van der Waals surface area contributed by atoms with Crippen LogP contribution in [0.1, 0.15) is 37.8 Å². The third-order valence-corrected chi connectivity index (χ3v) is 6.10. The maximum absolute atomic E-state index is 12.5. The van der Waals surface area contributed by atoms with E-state index in [1.165, 1.54) is 22.3 Å². The lowest BCUT2D eigenvalue weighted by atomic mass is 9.89. The Morgan fingerprint density at radius 1 is 1.14 bits per heavy atom. The van der Waals surface area contributed by atoms with Crippen LogP contribution in [0, 0.1) is 0 Å². The molecule has 1 aliphatic carbocycles. The van der Waals surface area contributed by atoms with E-state index in [4.69, 9.17) is 10.3 Å². The van der Waals surface area contributed by atoms with Gasteiger partial charge in [-0.1, -0.05) is 73.1 Å². The molecule has 6 nitrogen and oxygen atoms in total. The number of hydrogen-bond acceptors (Lipinski definition) is 3. The van der Waals surface area contributed by atoms with Gasteiger partial charge in [-0.25, -0.2) is 4.79 Å². The molecule has 4 rings (SSSR count). The molecule has 148 valence electrons. The van der Waals surface area contributed by atoms with Gasteiger partial charge in [0.15, 0.2) is 0 Å². The number of likely N-dealkylation sites (tertiary alicyclic amines) is 1. The zero-order valence-electron chi connectivity index (χ0n) is 16.9. The molecule has 0 radical (unpaired) electrons. The topological polar surface area (TPSA) is 78.3 Å². The first-order chi connectivity index (χ1) is 13.9. The van der Waals surface area contributed by atoms with Crippen molar-refractivity contribution in [3.63, 3.8) is 0 Å². The molecule has 29 heavy (non-hydrogen) atoms. The van der Waals surface area contributed by atoms with Crippen molar-refractivity contribution in [3.8, 4) is 11.1 Å². The minimum atomic E-state index is -0.586. The van der Waals surface area contributed by atoms with Gasteiger partial charge in [0.2, 0.25) is 0 Å². The van der Waals surface area contributed by atoms with E-state index >= 15 is 0 Å². The van der Waals surface area contributed by atoms with Crippen LogP contribution in [-0.4, -0.2) is 36.2 Å². The summed E-state index contributed by atoms with van der Waals surface area (Å²) in [5.74, 6) is 0.0632. The molecule has 1 amide bonds. The molecule has 1 fully saturated rings. The maximum atomic E-state index is 12.5. The second-order valence-electron chi connectivity index (χ2n) is 8.14. The number of amides is 1. The highest BCUT2D eigenvalue weighted by Gasteiger charge is 2.34. The van der Waals surface area contributed by atoms with Crippen LogP contribution in [-0.2, 0) is 4.74 Å². The Hall–Kier alpha value is -3.24. The second-order valence-corrected chi connectivity index (χ2v) is 8.14. The normalized spacial score (nSPS) is 15.1. The number of benzene rings is 2. The molecule has 6 heteroatoms. The lowest BCUT2D eigenvalue weighted by molar-refractivity contribution is 0.0932. The highest BCUT2D eigenvalue weighted by molar-refractivity contribution is 5.79. The van der Waals surface area contributed by atoms with E-state index in [0.29, 0.717) is 19.7 Å². The zero-order valence-corrected chi connectivity index (χ0v) is 16.9. The summed E-state index contributed by atoms with van der Waals surface area (Å²) in [5, 5.41) is 3.85. The van der Waals surface area contributed by atoms with Gasteiger partial charge in [-0.2, -0.15) is 0 Å². The van der Waals surface area contributed by atoms with Gasteiger partial charge in [0.1, 0.15) is 6.61 Å². The predicted octanol–water partition coefficient (Wildman–Crippen LogP) is 5.66. The first-order valence-corrected chi connectivity index (χ1v) is 9.77. The quantitative estimate of drug-likeness (QED) is 0.293. The second kappa shape index (κ2) is 7.30. The molecular formula is C23H24N4O2. The molecule has 0 bridgehead atoms. The Morgan fingerprint density at radius 2 is 1.69 bits per heavy atom. The third kappa shape index (κ3) is 3.36. The van der Waals surface area contributed by atoms with Crippen molar-refractivity contribution < 1.29 is 9.53 Å². The number of nitrogens with zero attached hydrogens (tertiary/aromatic N) is 4. The monoisotopic (exact) mass is 388 g/mol. The summed E-state index contributed by atoms with van der Waals surface area (Å²) in [6, 6.07) is 16.6. The lowest BCUT2D eigenvalue weighted by Gasteiger charge is -2.37. The molecule has 0 atom stereocenters. The van der Waals surface area contributed by atoms with Crippen molar-refractivity contribution in [1.82, 2.24) is 4.90 Å². The average molecular weight is 388 g/mol. The summed E-state index contributed by atoms with van der Waals surface area (Å²) in [6.07, 6.45) is -0.301. The van der Waals surface area contributed by atoms with Crippen molar-refractivity contribution in [1.29, 1.82) is 0 Å². The number of hydrogen-bond donors (Lipinski definition) is 0. The largest absolute Gasteiger partial charge is 0.448 e. The molecule has 2 aromatic carbocycles. The standard InChI is InChI=1S/C23H24N4O2/c1-15(23(2,3)25-26-24)16-12-27(13-16)22(28)29-14-21-19-10-6-4-8-17(19)18-9-5-7-11-20(18)21/h4-11,21H,12-14H2,1-3H3. The number of fused-ring (bicyclic) bond motifs is 3. The van der Waals surface area contributed by atoms with Gasteiger partial charge in [0.05, 0.1) is 5.54 Å². The van der Waals surface area contributed by atoms with Crippen LogP contribution < -0.4 is 0 Å². The van der Waals surface area contributed by atoms with E-state index in [1.807, 2.05) is 45.0 Å². The fourth-order valence-corrected chi connectivity index (χ4v) is 4.09. The van der Waals surface area contributed by atoms with Crippen LogP contribution in [0.25, 0.3) is 21.6 Å². The van der Waals surface area contributed by atoms with E-state index in [0.717, 1.165) is 11.1 Å². The van der Waals surface area contributed by atoms with E-state index in [1.54, 1.807) is 4.90 Å². The van der Waals surface area contributed by atoms with Crippen molar-refractivity contribution in [2.75, 3.05) is 19.7 Å². The Labute approximate surface area is 170 Å². The summed E-state index contributed by atoms with van der Waals surface area (Å²) in [7, 11) is 0. The smallest absolute Gasteiger partial charge is 0.410 e. The molecule has 0 unspecified atom stereocenters. The van der Waals surface area contributed by atoms with Crippen LogP contribution in [0.15, 0.2) is 64.8 Å². The van der Waals surface area contributed by atoms with Gasteiger partial charge in [-0.15, -0.1) is 0 Å². The molecule has 1 saturated heterocycles. The first kappa shape index (κ1) is 19.1. The average Bonchev–Trinajstić information content (AvgIpc) is 2.99. The summed E-state index contributed by atoms with van der Waals surface area (Å²) in [5.41, 5.74) is 15.1. The summed E-state index contributed by atoms with van der Waals surface area (Å²) >= 11 is 0. The van der Waals surface area contributed by atoms with Gasteiger partial charge < -0.3 is 9.64 Å². The fraction of sp³-hybridized carbons (Fsp3) is 0.348. The zero-order chi connectivity index (χ0) is 20.6. The van der Waals surface area contributed by atoms with E-state index in [-0.39, 0.29) is 12.0 Å². The molecular weight excluding hydrogens is 364 g/mol. The highest BCUT2D eigenvalue weighted by atomic mass is 16.6. The first-order valence-electron chi connectivity index (χ1n) is 9.77. The molecule has 2 aromatic rings. The van der Waals surface area contributed by atoms with Crippen LogP contribution >= 0.6 is 0 Å². The Kier molecular flexibility index (Phi) is 4.81. The molecule has 0 aromatic heterocycles. The minimum Gasteiger partial charge on any atom is -0.448 e. The lowest BCUT2D eigenvalue weighted by Crippen LogP contribution is -2.46. The number of carbonyl (C=O) groups is 1. The molecule has 0 spiro atoms. The summed E-state index contributed by atoms with van der Waals surface area (Å²) in [6.45, 7) is 7.08. The molecule has 1 heterocycles. The number of ether oxygens (including phenoxy) is 1. The molecule has 0 saturated carbocycles. The summed E-state index contributed by atoms with van der Waals surface area (Å²) in [4.78, 5) is 17.1. The third-order valence-electron chi connectivity index (χ3n) is 6.10. The maximum Gasteiger partial charge on any atom is 0.410 e. The van der Waals surface area contributed by atoms with Crippen LogP contribution in [0.5, 0.6) is 0 Å². The van der Waals surface area contributed by atoms with Crippen molar-refractivity contribution in [2.45, 2.75) is 32.2 Å². The van der Waals surface area contributed by atoms with Crippen molar-refractivity contribution in [2.24, 2.45) is 5.11 Å². The molecule has 1 aliphatic heterocycles. The molecule has 2 aliphatic rings. The van der Waals surface area contributed by atoms with Crippen molar-refractivity contribution in [3.05, 3.63) is 81.2 Å². The number of rotatable bonds is 4. The van der Waals surface area contributed by atoms with Gasteiger partial charge in [-0.3, -0.25) is 0 Å². The van der Waals surface area contributed by atoms with Crippen molar-refractivity contribution >= 4 is 6.09 Å². The number of carbonyl (C=O) groups excluding carboxylic acids is 1. The minimum absolute atomic E-state index is 0.0632. The van der Waals surface area contributed by atoms with E-state index in [2.05, 4.69) is 34.3 Å². The van der Waals surface area contributed by atoms with Crippen LogP contribution in [0.4, 0.5) is 4.79 Å². The highest BCUT2D eigenvalue weighted by Crippen LogP contribution is 2.44. The van der Waals surface area contributed by atoms with Crippen LogP contribution in [0.2, 0.25) is 0 Å². The Bertz CT molecular complexity index is 997. The Balaban J connectivity index is 1.42. The SMILES string of the molecule is CC(=C1CN(C(=O)OCC2c3ccccc3-c3ccccc32)C1)C(C)(C)N=[N+]=[N-]. The van der Waals surface area contributed by atoms with Gasteiger partial charge >= 0.3 is 6.09 Å². The van der Waals surface area contributed by atoms with E-state index in [9.17, 15) is 4.79 Å².